The fourth-order valence-electron chi connectivity index (χ4n) is 3.65. The maximum Gasteiger partial charge on any atom is 0.279 e. The Morgan fingerprint density at radius 3 is 2.29 bits per heavy atom. The molecule has 1 N–H and O–H groups in total. The second kappa shape index (κ2) is 9.28. The van der Waals surface area contributed by atoms with Gasteiger partial charge < -0.3 is 4.74 Å². The number of hydrazone groups is 1. The van der Waals surface area contributed by atoms with Crippen molar-refractivity contribution < 1.29 is 21.6 Å². The Kier molecular flexibility index (Phi) is 6.57. The molecule has 0 amide bonds. The van der Waals surface area contributed by atoms with E-state index in [-0.39, 0.29) is 4.90 Å². The number of methoxy groups -OCH3 is 1. The second-order valence-corrected chi connectivity index (χ2v) is 11.7. The van der Waals surface area contributed by atoms with Crippen LogP contribution in [-0.2, 0) is 20.0 Å². The van der Waals surface area contributed by atoms with Crippen LogP contribution in [0.25, 0.3) is 0 Å². The molecule has 3 aromatic carbocycles. The second-order valence-electron chi connectivity index (χ2n) is 7.73. The molecule has 178 valence electrons. The summed E-state index contributed by atoms with van der Waals surface area (Å²) >= 11 is 5.94. The van der Waals surface area contributed by atoms with Crippen molar-refractivity contribution in [2.75, 3.05) is 18.1 Å². The van der Waals surface area contributed by atoms with Crippen LogP contribution in [0.4, 0.5) is 5.69 Å². The van der Waals surface area contributed by atoms with E-state index in [4.69, 9.17) is 16.3 Å². The maximum atomic E-state index is 13.5. The zero-order valence-corrected chi connectivity index (χ0v) is 20.7. The van der Waals surface area contributed by atoms with Crippen LogP contribution in [0, 0.1) is 0 Å². The highest BCUT2D eigenvalue weighted by molar-refractivity contribution is 7.92. The predicted molar refractivity (Wildman–Crippen MR) is 132 cm³/mol. The molecule has 0 aromatic heterocycles. The summed E-state index contributed by atoms with van der Waals surface area (Å²) in [4.78, 5) is 0.0629. The molecule has 1 unspecified atom stereocenters. The van der Waals surface area contributed by atoms with Crippen molar-refractivity contribution in [1.82, 2.24) is 4.41 Å². The first-order valence-electron chi connectivity index (χ1n) is 10.2. The fraction of sp³-hybridized carbons (Fsp3) is 0.174. The van der Waals surface area contributed by atoms with E-state index in [2.05, 4.69) is 9.82 Å². The summed E-state index contributed by atoms with van der Waals surface area (Å²) < 4.78 is 59.1. The topological polar surface area (TPSA) is 105 Å². The molecule has 0 radical (unpaired) electrons. The lowest BCUT2D eigenvalue weighted by molar-refractivity contribution is 0.370. The van der Waals surface area contributed by atoms with E-state index in [1.54, 1.807) is 55.6 Å². The lowest BCUT2D eigenvalue weighted by Crippen LogP contribution is -2.27. The molecule has 8 nitrogen and oxygen atoms in total. The Balaban J connectivity index is 1.77. The van der Waals surface area contributed by atoms with E-state index >= 15 is 0 Å². The first-order chi connectivity index (χ1) is 16.1. The van der Waals surface area contributed by atoms with Crippen molar-refractivity contribution in [3.05, 3.63) is 88.9 Å². The van der Waals surface area contributed by atoms with Gasteiger partial charge in [-0.2, -0.15) is 17.9 Å². The van der Waals surface area contributed by atoms with Gasteiger partial charge in [0.1, 0.15) is 5.75 Å². The van der Waals surface area contributed by atoms with E-state index in [1.807, 2.05) is 0 Å². The third-order valence-electron chi connectivity index (χ3n) is 5.23. The number of sulfonamides is 2. The maximum absolute atomic E-state index is 13.5. The molecule has 0 fully saturated rings. The van der Waals surface area contributed by atoms with Crippen LogP contribution < -0.4 is 9.46 Å². The largest absolute Gasteiger partial charge is 0.497 e. The Labute approximate surface area is 203 Å². The number of benzene rings is 3. The van der Waals surface area contributed by atoms with E-state index in [1.165, 1.54) is 24.3 Å². The average molecular weight is 520 g/mol. The monoisotopic (exact) mass is 519 g/mol. The first-order valence-corrected chi connectivity index (χ1v) is 13.9. The van der Waals surface area contributed by atoms with Crippen molar-refractivity contribution in [2.45, 2.75) is 17.4 Å². The number of nitrogens with one attached hydrogen (secondary N) is 1. The summed E-state index contributed by atoms with van der Waals surface area (Å²) in [7, 11) is -5.92. The Morgan fingerprint density at radius 1 is 1.00 bits per heavy atom. The van der Waals surface area contributed by atoms with Crippen LogP contribution in [0.2, 0.25) is 5.02 Å². The average Bonchev–Trinajstić information content (AvgIpc) is 3.25. The molecule has 0 saturated carbocycles. The minimum absolute atomic E-state index is 0.0629. The summed E-state index contributed by atoms with van der Waals surface area (Å²) in [5.74, 6) is 0.648. The standard InChI is InChI=1S/C23H22ClN3O5S2/c1-32-20-10-6-16(7-11-20)23-15-22(17-4-3-5-19(14-17)26-33(2,28)29)25-27(23)34(30,31)21-12-8-18(24)9-13-21/h3-14,23,26H,15H2,1-2H3. The van der Waals surface area contributed by atoms with Crippen LogP contribution >= 0.6 is 11.6 Å². The van der Waals surface area contributed by atoms with Crippen molar-refractivity contribution in [2.24, 2.45) is 5.10 Å². The third-order valence-corrected chi connectivity index (χ3v) is 7.78. The number of hydrogen-bond acceptors (Lipinski definition) is 6. The number of halogens is 1. The molecule has 34 heavy (non-hydrogen) atoms. The van der Waals surface area contributed by atoms with Crippen molar-refractivity contribution in [3.63, 3.8) is 0 Å². The first kappa shape index (κ1) is 24.1. The minimum Gasteiger partial charge on any atom is -0.497 e. The predicted octanol–water partition coefficient (Wildman–Crippen LogP) is 4.26. The van der Waals surface area contributed by atoms with Gasteiger partial charge in [0.05, 0.1) is 30.0 Å². The third kappa shape index (κ3) is 5.19. The molecular formula is C23H22ClN3O5S2. The molecule has 1 aliphatic heterocycles. The molecule has 0 aliphatic carbocycles. The van der Waals surface area contributed by atoms with E-state index in [0.717, 1.165) is 16.2 Å². The van der Waals surface area contributed by atoms with Gasteiger partial charge in [0.2, 0.25) is 10.0 Å². The number of ether oxygens (including phenoxy) is 1. The summed E-state index contributed by atoms with van der Waals surface area (Å²) in [5.41, 5.74) is 2.22. The molecular weight excluding hydrogens is 498 g/mol. The Bertz CT molecular complexity index is 1440. The number of hydrogen-bond donors (Lipinski definition) is 1. The van der Waals surface area contributed by atoms with Gasteiger partial charge in [-0.1, -0.05) is 35.9 Å². The Hall–Kier alpha value is -3.08. The van der Waals surface area contributed by atoms with E-state index < -0.39 is 26.1 Å². The van der Waals surface area contributed by atoms with E-state index in [0.29, 0.717) is 34.2 Å². The number of anilines is 1. The molecule has 0 spiro atoms. The molecule has 1 heterocycles. The molecule has 1 atom stereocenters. The Morgan fingerprint density at radius 2 is 1.68 bits per heavy atom. The minimum atomic E-state index is -4.00. The van der Waals surface area contributed by atoms with Crippen LogP contribution in [-0.4, -0.2) is 40.3 Å². The molecule has 4 rings (SSSR count). The SMILES string of the molecule is COc1ccc(C2CC(c3cccc(NS(C)(=O)=O)c3)=NN2S(=O)(=O)c2ccc(Cl)cc2)cc1. The quantitative estimate of drug-likeness (QED) is 0.502. The zero-order chi connectivity index (χ0) is 24.5. The van der Waals surface area contributed by atoms with Gasteiger partial charge in [-0.05, 0) is 59.7 Å². The fourth-order valence-corrected chi connectivity index (χ4v) is 5.76. The molecule has 0 saturated heterocycles. The molecule has 0 bridgehead atoms. The molecule has 11 heteroatoms. The summed E-state index contributed by atoms with van der Waals surface area (Å²) in [6.07, 6.45) is 1.36. The lowest BCUT2D eigenvalue weighted by atomic mass is 9.99. The van der Waals surface area contributed by atoms with Crippen molar-refractivity contribution in [1.29, 1.82) is 0 Å². The lowest BCUT2D eigenvalue weighted by Gasteiger charge is -2.23. The van der Waals surface area contributed by atoms with E-state index in [9.17, 15) is 16.8 Å². The molecule has 1 aliphatic rings. The van der Waals surface area contributed by atoms with Gasteiger partial charge in [-0.3, -0.25) is 4.72 Å². The number of rotatable bonds is 7. The summed E-state index contributed by atoms with van der Waals surface area (Å²) in [6, 6.07) is 19.1. The normalized spacial score (nSPS) is 16.3. The van der Waals surface area contributed by atoms with Gasteiger partial charge in [-0.25, -0.2) is 8.42 Å². The summed E-state index contributed by atoms with van der Waals surface area (Å²) in [5, 5.41) is 4.91. The van der Waals surface area contributed by atoms with Crippen LogP contribution in [0.15, 0.2) is 82.8 Å². The van der Waals surface area contributed by atoms with Gasteiger partial charge in [0, 0.05) is 17.1 Å². The van der Waals surface area contributed by atoms with Crippen LogP contribution in [0.1, 0.15) is 23.6 Å². The number of nitrogens with zero attached hydrogens (tertiary/aromatic N) is 2. The van der Waals surface area contributed by atoms with Gasteiger partial charge in [0.15, 0.2) is 0 Å². The van der Waals surface area contributed by atoms with Gasteiger partial charge in [0.25, 0.3) is 10.0 Å². The summed E-state index contributed by atoms with van der Waals surface area (Å²) in [6.45, 7) is 0. The van der Waals surface area contributed by atoms with Gasteiger partial charge >= 0.3 is 0 Å². The highest BCUT2D eigenvalue weighted by Gasteiger charge is 2.37. The van der Waals surface area contributed by atoms with Crippen molar-refractivity contribution >= 4 is 43.0 Å². The molecule has 3 aromatic rings. The van der Waals surface area contributed by atoms with Crippen LogP contribution in [0.3, 0.4) is 0 Å². The van der Waals surface area contributed by atoms with Crippen molar-refractivity contribution in [3.8, 4) is 5.75 Å². The highest BCUT2D eigenvalue weighted by Crippen LogP contribution is 2.38. The zero-order valence-electron chi connectivity index (χ0n) is 18.3. The smallest absolute Gasteiger partial charge is 0.279 e. The van der Waals surface area contributed by atoms with Crippen LogP contribution in [0.5, 0.6) is 5.75 Å². The highest BCUT2D eigenvalue weighted by atomic mass is 35.5. The van der Waals surface area contributed by atoms with Gasteiger partial charge in [-0.15, -0.1) is 0 Å².